The maximum Gasteiger partial charge on any atom is 0.221 e. The Morgan fingerprint density at radius 3 is 3.17 bits per heavy atom. The lowest BCUT2D eigenvalue weighted by Gasteiger charge is -2.31. The molecule has 0 saturated carbocycles. The minimum Gasteiger partial charge on any atom is -0.369 e. The van der Waals surface area contributed by atoms with E-state index in [-0.39, 0.29) is 11.8 Å². The van der Waals surface area contributed by atoms with Gasteiger partial charge in [-0.05, 0) is 38.4 Å². The number of aromatic nitrogens is 3. The minimum absolute atomic E-state index is 0.0184. The molecule has 0 unspecified atom stereocenters. The molecule has 1 aliphatic rings. The predicted molar refractivity (Wildman–Crippen MR) is 88.9 cm³/mol. The molecule has 3 rings (SSSR count). The van der Waals surface area contributed by atoms with Gasteiger partial charge in [-0.2, -0.15) is 0 Å². The minimum atomic E-state index is -0.189. The van der Waals surface area contributed by atoms with Gasteiger partial charge in [-0.3, -0.25) is 4.79 Å². The first-order chi connectivity index (χ1) is 11.1. The van der Waals surface area contributed by atoms with Crippen molar-refractivity contribution in [2.45, 2.75) is 19.8 Å². The van der Waals surface area contributed by atoms with E-state index in [1.165, 1.54) is 0 Å². The molecule has 3 heterocycles. The molecular weight excluding hydrogens is 292 g/mol. The number of carbonyl (C=O) groups excluding carboxylic acids is 1. The van der Waals surface area contributed by atoms with E-state index in [1.54, 1.807) is 6.20 Å². The van der Waals surface area contributed by atoms with E-state index in [1.807, 2.05) is 19.1 Å². The average molecular weight is 314 g/mol. The zero-order valence-corrected chi connectivity index (χ0v) is 13.3. The monoisotopic (exact) mass is 314 g/mol. The fraction of sp³-hybridized carbons (Fsp3) is 0.500. The summed E-state index contributed by atoms with van der Waals surface area (Å²) in [6.45, 7) is 5.24. The third-order valence-corrected chi connectivity index (χ3v) is 4.21. The van der Waals surface area contributed by atoms with Crippen molar-refractivity contribution in [2.24, 2.45) is 11.7 Å². The normalized spacial score (nSPS) is 18.9. The number of nitrogens with two attached hydrogens (primary N) is 1. The van der Waals surface area contributed by atoms with Crippen molar-refractivity contribution in [2.75, 3.05) is 31.5 Å². The van der Waals surface area contributed by atoms with E-state index < -0.39 is 0 Å². The summed E-state index contributed by atoms with van der Waals surface area (Å²) < 4.78 is 0. The zero-order valence-electron chi connectivity index (χ0n) is 13.3. The number of piperidine rings is 1. The summed E-state index contributed by atoms with van der Waals surface area (Å²) in [5.74, 6) is 1.30. The number of primary amides is 1. The second-order valence-corrected chi connectivity index (χ2v) is 5.96. The molecule has 2 aromatic rings. The van der Waals surface area contributed by atoms with Crippen LogP contribution in [-0.4, -0.2) is 51.9 Å². The lowest BCUT2D eigenvalue weighted by molar-refractivity contribution is -0.123. The molecule has 0 aromatic carbocycles. The van der Waals surface area contributed by atoms with Crippen LogP contribution in [0, 0.1) is 12.8 Å². The number of aryl methyl sites for hydroxylation is 1. The van der Waals surface area contributed by atoms with Gasteiger partial charge in [-0.15, -0.1) is 0 Å². The van der Waals surface area contributed by atoms with Gasteiger partial charge in [0, 0.05) is 25.8 Å². The fourth-order valence-corrected chi connectivity index (χ4v) is 3.03. The summed E-state index contributed by atoms with van der Waals surface area (Å²) in [5, 5.41) is 4.29. The number of fused-ring (bicyclic) bond motifs is 1. The van der Waals surface area contributed by atoms with Crippen molar-refractivity contribution >= 4 is 22.8 Å². The Hall–Kier alpha value is -2.28. The lowest BCUT2D eigenvalue weighted by Crippen LogP contribution is -2.42. The van der Waals surface area contributed by atoms with Gasteiger partial charge in [0.05, 0.1) is 11.3 Å². The number of rotatable bonds is 5. The van der Waals surface area contributed by atoms with E-state index in [9.17, 15) is 4.79 Å². The first-order valence-electron chi connectivity index (χ1n) is 7.98. The van der Waals surface area contributed by atoms with Crippen LogP contribution in [0.15, 0.2) is 18.3 Å². The van der Waals surface area contributed by atoms with Gasteiger partial charge >= 0.3 is 0 Å². The number of pyridine rings is 1. The summed E-state index contributed by atoms with van der Waals surface area (Å²) in [6.07, 6.45) is 3.66. The second kappa shape index (κ2) is 6.87. The molecule has 7 heteroatoms. The third kappa shape index (κ3) is 3.73. The second-order valence-electron chi connectivity index (χ2n) is 5.96. The van der Waals surface area contributed by atoms with Crippen molar-refractivity contribution in [1.82, 2.24) is 19.9 Å². The summed E-state index contributed by atoms with van der Waals surface area (Å²) in [5.41, 5.74) is 6.13. The molecule has 1 aliphatic heterocycles. The van der Waals surface area contributed by atoms with Crippen LogP contribution >= 0.6 is 0 Å². The number of hydrogen-bond acceptors (Lipinski definition) is 6. The molecule has 1 amide bonds. The van der Waals surface area contributed by atoms with E-state index in [4.69, 9.17) is 5.73 Å². The van der Waals surface area contributed by atoms with E-state index >= 15 is 0 Å². The Bertz CT molecular complexity index is 704. The van der Waals surface area contributed by atoms with Crippen LogP contribution in [0.4, 0.5) is 5.82 Å². The number of anilines is 1. The Labute approximate surface area is 135 Å². The molecule has 1 saturated heterocycles. The molecule has 122 valence electrons. The maximum absolute atomic E-state index is 11.3. The summed E-state index contributed by atoms with van der Waals surface area (Å²) >= 11 is 0. The Morgan fingerprint density at radius 1 is 1.48 bits per heavy atom. The van der Waals surface area contributed by atoms with E-state index in [2.05, 4.69) is 25.2 Å². The number of nitrogens with zero attached hydrogens (tertiary/aromatic N) is 4. The maximum atomic E-state index is 11.3. The number of likely N-dealkylation sites (tertiary alicyclic amines) is 1. The van der Waals surface area contributed by atoms with Crippen LogP contribution in [0.3, 0.4) is 0 Å². The smallest absolute Gasteiger partial charge is 0.221 e. The molecule has 2 aromatic heterocycles. The number of carbonyl (C=O) groups is 1. The van der Waals surface area contributed by atoms with E-state index in [0.717, 1.165) is 50.2 Å². The summed E-state index contributed by atoms with van der Waals surface area (Å²) in [7, 11) is 0. The van der Waals surface area contributed by atoms with Gasteiger partial charge in [-0.25, -0.2) is 15.0 Å². The van der Waals surface area contributed by atoms with E-state index in [0.29, 0.717) is 11.5 Å². The topological polar surface area (TPSA) is 97.0 Å². The van der Waals surface area contributed by atoms with Crippen molar-refractivity contribution in [1.29, 1.82) is 0 Å². The van der Waals surface area contributed by atoms with Gasteiger partial charge in [-0.1, -0.05) is 0 Å². The standard InChI is InChI=1S/C16H22N6O/c1-11-20-15-13(5-2-6-18-15)16(21-11)19-7-9-22-8-3-4-12(10-22)14(17)23/h2,5-6,12H,3-4,7-10H2,1H3,(H2,17,23)(H,18,19,20,21)/t12-/m1/s1. The Kier molecular flexibility index (Phi) is 4.66. The van der Waals surface area contributed by atoms with Crippen molar-refractivity contribution < 1.29 is 4.79 Å². The van der Waals surface area contributed by atoms with Crippen LogP contribution in [0.2, 0.25) is 0 Å². The van der Waals surface area contributed by atoms with Crippen molar-refractivity contribution in [3.8, 4) is 0 Å². The van der Waals surface area contributed by atoms with Gasteiger partial charge in [0.15, 0.2) is 5.65 Å². The first-order valence-corrected chi connectivity index (χ1v) is 7.98. The number of amides is 1. The molecule has 23 heavy (non-hydrogen) atoms. The predicted octanol–water partition coefficient (Wildman–Crippen LogP) is 0.942. The molecule has 3 N–H and O–H groups in total. The van der Waals surface area contributed by atoms with Crippen LogP contribution in [-0.2, 0) is 4.79 Å². The molecule has 0 bridgehead atoms. The Balaban J connectivity index is 1.62. The average Bonchev–Trinajstić information content (AvgIpc) is 2.55. The van der Waals surface area contributed by atoms with Crippen molar-refractivity contribution in [3.63, 3.8) is 0 Å². The highest BCUT2D eigenvalue weighted by Crippen LogP contribution is 2.18. The van der Waals surface area contributed by atoms with Crippen molar-refractivity contribution in [3.05, 3.63) is 24.2 Å². The molecule has 1 fully saturated rings. The van der Waals surface area contributed by atoms with Gasteiger partial charge in [0.2, 0.25) is 5.91 Å². The summed E-state index contributed by atoms with van der Waals surface area (Å²) in [4.78, 5) is 26.7. The molecular formula is C16H22N6O. The molecule has 7 nitrogen and oxygen atoms in total. The van der Waals surface area contributed by atoms with Gasteiger partial charge in [0.1, 0.15) is 11.6 Å². The van der Waals surface area contributed by atoms with Gasteiger partial charge in [0.25, 0.3) is 0 Å². The zero-order chi connectivity index (χ0) is 16.2. The van der Waals surface area contributed by atoms with Crippen LogP contribution < -0.4 is 11.1 Å². The molecule has 0 spiro atoms. The van der Waals surface area contributed by atoms with Crippen LogP contribution in [0.25, 0.3) is 11.0 Å². The van der Waals surface area contributed by atoms with Crippen LogP contribution in [0.1, 0.15) is 18.7 Å². The Morgan fingerprint density at radius 2 is 2.35 bits per heavy atom. The van der Waals surface area contributed by atoms with Crippen LogP contribution in [0.5, 0.6) is 0 Å². The molecule has 0 aliphatic carbocycles. The quantitative estimate of drug-likeness (QED) is 0.852. The number of nitrogens with one attached hydrogen (secondary N) is 1. The SMILES string of the molecule is Cc1nc(NCCN2CCC[C@@H](C(N)=O)C2)c2cccnc2n1. The first kappa shape index (κ1) is 15.6. The highest BCUT2D eigenvalue weighted by Gasteiger charge is 2.23. The highest BCUT2D eigenvalue weighted by molar-refractivity contribution is 5.86. The molecule has 1 atom stereocenters. The summed E-state index contributed by atoms with van der Waals surface area (Å²) in [6, 6.07) is 3.85. The highest BCUT2D eigenvalue weighted by atomic mass is 16.1. The largest absolute Gasteiger partial charge is 0.369 e. The molecule has 0 radical (unpaired) electrons. The number of hydrogen-bond donors (Lipinski definition) is 2. The third-order valence-electron chi connectivity index (χ3n) is 4.21. The lowest BCUT2D eigenvalue weighted by atomic mass is 9.97. The van der Waals surface area contributed by atoms with Gasteiger partial charge < -0.3 is 16.0 Å². The fourth-order valence-electron chi connectivity index (χ4n) is 3.03.